The predicted molar refractivity (Wildman–Crippen MR) is 59.1 cm³/mol. The molecule has 1 saturated carbocycles. The zero-order valence-corrected chi connectivity index (χ0v) is 9.53. The third-order valence-electron chi connectivity index (χ3n) is 2.78. The molecule has 0 spiro atoms. The molecule has 0 bridgehead atoms. The first-order valence-electron chi connectivity index (χ1n) is 4.33. The first kappa shape index (κ1) is 9.50. The molecule has 0 atom stereocenters. The largest absolute Gasteiger partial charge is 0.330 e. The average molecular weight is 261 g/mol. The molecule has 0 saturated heterocycles. The van der Waals surface area contributed by atoms with Gasteiger partial charge < -0.3 is 5.73 Å². The molecule has 1 nitrogen and oxygen atoms in total. The number of nitrogens with two attached hydrogens (primary N) is 1. The lowest BCUT2D eigenvalue weighted by molar-refractivity contribution is 0.704. The topological polar surface area (TPSA) is 26.0 Å². The molecule has 2 rings (SSSR count). The fourth-order valence-electron chi connectivity index (χ4n) is 1.59. The second-order valence-electron chi connectivity index (χ2n) is 3.61. The molecule has 0 radical (unpaired) electrons. The van der Waals surface area contributed by atoms with E-state index in [9.17, 15) is 0 Å². The number of hydrogen-bond donors (Lipinski definition) is 1. The zero-order valence-electron chi connectivity index (χ0n) is 7.19. The Hall–Kier alpha value is -0.0500. The highest BCUT2D eigenvalue weighted by Crippen LogP contribution is 2.48. The highest BCUT2D eigenvalue weighted by atomic mass is 79.9. The Morgan fingerprint density at radius 3 is 2.62 bits per heavy atom. The fraction of sp³-hybridized carbons (Fsp3) is 0.400. The molecular formula is C10H11BrClN. The summed E-state index contributed by atoms with van der Waals surface area (Å²) in [6.07, 6.45) is 2.39. The van der Waals surface area contributed by atoms with Gasteiger partial charge in [-0.05, 0) is 46.5 Å². The molecule has 1 aromatic rings. The molecule has 13 heavy (non-hydrogen) atoms. The molecule has 0 heterocycles. The summed E-state index contributed by atoms with van der Waals surface area (Å²) in [6.45, 7) is 0.727. The summed E-state index contributed by atoms with van der Waals surface area (Å²) in [5.41, 5.74) is 7.26. The molecule has 1 aromatic carbocycles. The molecule has 2 N–H and O–H groups in total. The van der Waals surface area contributed by atoms with Crippen molar-refractivity contribution in [2.45, 2.75) is 18.3 Å². The lowest BCUT2D eigenvalue weighted by Crippen LogP contribution is -2.19. The molecule has 0 aromatic heterocycles. The minimum atomic E-state index is 0.240. The number of halogens is 2. The molecule has 1 aliphatic carbocycles. The van der Waals surface area contributed by atoms with E-state index in [2.05, 4.69) is 22.0 Å². The molecule has 0 amide bonds. The van der Waals surface area contributed by atoms with Gasteiger partial charge in [0.1, 0.15) is 0 Å². The minimum absolute atomic E-state index is 0.240. The number of hydrogen-bond acceptors (Lipinski definition) is 1. The summed E-state index contributed by atoms with van der Waals surface area (Å²) in [4.78, 5) is 0. The number of benzene rings is 1. The maximum absolute atomic E-state index is 6.02. The normalized spacial score (nSPS) is 18.7. The van der Waals surface area contributed by atoms with Crippen LogP contribution in [-0.4, -0.2) is 6.54 Å². The van der Waals surface area contributed by atoms with Gasteiger partial charge in [0, 0.05) is 16.4 Å². The maximum atomic E-state index is 6.02. The molecular weight excluding hydrogens is 249 g/mol. The average Bonchev–Trinajstić information content (AvgIpc) is 2.90. The Balaban J connectivity index is 2.37. The summed E-state index contributed by atoms with van der Waals surface area (Å²) < 4.78 is 0.950. The molecule has 1 aliphatic rings. The Kier molecular flexibility index (Phi) is 2.39. The minimum Gasteiger partial charge on any atom is -0.330 e. The molecule has 70 valence electrons. The smallest absolute Gasteiger partial charge is 0.0551 e. The van der Waals surface area contributed by atoms with Crippen molar-refractivity contribution in [3.05, 3.63) is 33.3 Å². The van der Waals surface area contributed by atoms with Gasteiger partial charge >= 0.3 is 0 Å². The van der Waals surface area contributed by atoms with Crippen molar-refractivity contribution in [1.29, 1.82) is 0 Å². The van der Waals surface area contributed by atoms with Crippen molar-refractivity contribution in [2.75, 3.05) is 6.54 Å². The van der Waals surface area contributed by atoms with Crippen LogP contribution in [0.3, 0.4) is 0 Å². The van der Waals surface area contributed by atoms with Crippen LogP contribution in [0.4, 0.5) is 0 Å². The Morgan fingerprint density at radius 1 is 1.46 bits per heavy atom. The fourth-order valence-corrected chi connectivity index (χ4v) is 2.01. The standard InChI is InChI=1S/C10H11BrClN/c11-8-2-1-7(5-9(8)12)10(6-13)3-4-10/h1-2,5H,3-4,6,13H2. The van der Waals surface area contributed by atoms with Crippen LogP contribution < -0.4 is 5.73 Å². The summed E-state index contributed by atoms with van der Waals surface area (Å²) in [6, 6.07) is 6.12. The molecule has 1 fully saturated rings. The third-order valence-corrected chi connectivity index (χ3v) is 4.01. The van der Waals surface area contributed by atoms with Gasteiger partial charge in [-0.3, -0.25) is 0 Å². The van der Waals surface area contributed by atoms with Gasteiger partial charge in [0.25, 0.3) is 0 Å². The van der Waals surface area contributed by atoms with Crippen LogP contribution in [0.15, 0.2) is 22.7 Å². The van der Waals surface area contributed by atoms with Gasteiger partial charge in [0.15, 0.2) is 0 Å². The van der Waals surface area contributed by atoms with Crippen molar-refractivity contribution in [3.63, 3.8) is 0 Å². The quantitative estimate of drug-likeness (QED) is 0.869. The van der Waals surface area contributed by atoms with E-state index in [1.807, 2.05) is 12.1 Å². The van der Waals surface area contributed by atoms with Crippen molar-refractivity contribution in [3.8, 4) is 0 Å². The summed E-state index contributed by atoms with van der Waals surface area (Å²) in [5, 5.41) is 0.775. The van der Waals surface area contributed by atoms with Crippen molar-refractivity contribution >= 4 is 27.5 Å². The zero-order chi connectivity index (χ0) is 9.47. The van der Waals surface area contributed by atoms with Crippen LogP contribution in [0.5, 0.6) is 0 Å². The Morgan fingerprint density at radius 2 is 2.15 bits per heavy atom. The van der Waals surface area contributed by atoms with Gasteiger partial charge in [-0.15, -0.1) is 0 Å². The highest BCUT2D eigenvalue weighted by molar-refractivity contribution is 9.10. The monoisotopic (exact) mass is 259 g/mol. The van der Waals surface area contributed by atoms with Crippen molar-refractivity contribution in [2.24, 2.45) is 5.73 Å². The van der Waals surface area contributed by atoms with E-state index in [1.165, 1.54) is 18.4 Å². The van der Waals surface area contributed by atoms with E-state index in [4.69, 9.17) is 17.3 Å². The van der Waals surface area contributed by atoms with Crippen LogP contribution in [0, 0.1) is 0 Å². The Labute approximate surface area is 91.4 Å². The van der Waals surface area contributed by atoms with E-state index in [0.717, 1.165) is 16.0 Å². The van der Waals surface area contributed by atoms with Crippen LogP contribution in [0.25, 0.3) is 0 Å². The van der Waals surface area contributed by atoms with Gasteiger partial charge in [-0.2, -0.15) is 0 Å². The molecule has 3 heteroatoms. The summed E-state index contributed by atoms with van der Waals surface area (Å²) in [5.74, 6) is 0. The van der Waals surface area contributed by atoms with Gasteiger partial charge in [0.05, 0.1) is 5.02 Å². The third kappa shape index (κ3) is 1.63. The first-order chi connectivity index (χ1) is 6.18. The number of rotatable bonds is 2. The van der Waals surface area contributed by atoms with Crippen LogP contribution in [0.2, 0.25) is 5.02 Å². The highest BCUT2D eigenvalue weighted by Gasteiger charge is 2.42. The van der Waals surface area contributed by atoms with E-state index in [0.29, 0.717) is 0 Å². The second-order valence-corrected chi connectivity index (χ2v) is 4.87. The SMILES string of the molecule is NCC1(c2ccc(Br)c(Cl)c2)CC1. The van der Waals surface area contributed by atoms with Crippen LogP contribution in [0.1, 0.15) is 18.4 Å². The van der Waals surface area contributed by atoms with Crippen LogP contribution >= 0.6 is 27.5 Å². The first-order valence-corrected chi connectivity index (χ1v) is 5.51. The summed E-state index contributed by atoms with van der Waals surface area (Å²) >= 11 is 9.39. The summed E-state index contributed by atoms with van der Waals surface area (Å²) in [7, 11) is 0. The van der Waals surface area contributed by atoms with Crippen molar-refractivity contribution < 1.29 is 0 Å². The van der Waals surface area contributed by atoms with Gasteiger partial charge in [0.2, 0.25) is 0 Å². The maximum Gasteiger partial charge on any atom is 0.0551 e. The van der Waals surface area contributed by atoms with E-state index in [1.54, 1.807) is 0 Å². The predicted octanol–water partition coefficient (Wildman–Crippen LogP) is 3.09. The lowest BCUT2D eigenvalue weighted by atomic mass is 9.96. The van der Waals surface area contributed by atoms with Gasteiger partial charge in [-0.25, -0.2) is 0 Å². The second kappa shape index (κ2) is 3.26. The van der Waals surface area contributed by atoms with E-state index in [-0.39, 0.29) is 5.41 Å². The van der Waals surface area contributed by atoms with E-state index >= 15 is 0 Å². The van der Waals surface area contributed by atoms with E-state index < -0.39 is 0 Å². The Bertz CT molecular complexity index is 334. The van der Waals surface area contributed by atoms with Crippen LogP contribution in [-0.2, 0) is 5.41 Å². The molecule has 0 unspecified atom stereocenters. The van der Waals surface area contributed by atoms with Crippen molar-refractivity contribution in [1.82, 2.24) is 0 Å². The van der Waals surface area contributed by atoms with Gasteiger partial charge in [-0.1, -0.05) is 17.7 Å². The molecule has 0 aliphatic heterocycles. The lowest BCUT2D eigenvalue weighted by Gasteiger charge is -2.13.